The van der Waals surface area contributed by atoms with E-state index in [9.17, 15) is 14.3 Å². The summed E-state index contributed by atoms with van der Waals surface area (Å²) >= 11 is 0. The summed E-state index contributed by atoms with van der Waals surface area (Å²) in [7, 11) is 0. The molecule has 0 saturated heterocycles. The van der Waals surface area contributed by atoms with Gasteiger partial charge in [-0.05, 0) is 34.9 Å². The molecule has 7 heteroatoms. The van der Waals surface area contributed by atoms with Crippen LogP contribution in [-0.4, -0.2) is 22.6 Å². The lowest BCUT2D eigenvalue weighted by atomic mass is 10.0. The maximum atomic E-state index is 14.7. The van der Waals surface area contributed by atoms with E-state index in [1.54, 1.807) is 36.4 Å². The third-order valence-corrected chi connectivity index (χ3v) is 4.47. The van der Waals surface area contributed by atoms with Crippen molar-refractivity contribution in [3.05, 3.63) is 83.3 Å². The summed E-state index contributed by atoms with van der Waals surface area (Å²) in [6.07, 6.45) is 1.66. The van der Waals surface area contributed by atoms with Crippen LogP contribution < -0.4 is 11.1 Å². The van der Waals surface area contributed by atoms with Gasteiger partial charge in [0.1, 0.15) is 11.6 Å². The third kappa shape index (κ3) is 4.57. The number of nitrogens with one attached hydrogen (secondary N) is 1. The van der Waals surface area contributed by atoms with Gasteiger partial charge in [-0.1, -0.05) is 36.4 Å². The predicted molar refractivity (Wildman–Crippen MR) is 107 cm³/mol. The van der Waals surface area contributed by atoms with Crippen LogP contribution in [0.5, 0.6) is 0 Å². The lowest BCUT2D eigenvalue weighted by Crippen LogP contribution is -2.31. The van der Waals surface area contributed by atoms with Crippen molar-refractivity contribution in [3.63, 3.8) is 0 Å². The number of benzene rings is 2. The van der Waals surface area contributed by atoms with Crippen LogP contribution in [-0.2, 0) is 6.42 Å². The molecule has 0 fully saturated rings. The lowest BCUT2D eigenvalue weighted by molar-refractivity contribution is 0.0912. The number of nitrogens with zero attached hydrogens (tertiary/aromatic N) is 2. The molecule has 0 aliphatic carbocycles. The number of aromatic nitrogens is 1. The van der Waals surface area contributed by atoms with Crippen molar-refractivity contribution >= 4 is 11.7 Å². The number of hydrogen-bond acceptors (Lipinski definition) is 5. The minimum atomic E-state index is -0.727. The first-order valence-electron chi connectivity index (χ1n) is 8.91. The molecule has 1 atom stereocenters. The van der Waals surface area contributed by atoms with Gasteiger partial charge in [0.05, 0.1) is 30.7 Å². The van der Waals surface area contributed by atoms with Gasteiger partial charge in [-0.25, -0.2) is 9.37 Å². The summed E-state index contributed by atoms with van der Waals surface area (Å²) in [6, 6.07) is 16.1. The summed E-state index contributed by atoms with van der Waals surface area (Å²) in [4.78, 5) is 16.6. The van der Waals surface area contributed by atoms with Crippen molar-refractivity contribution in [1.29, 1.82) is 5.26 Å². The second-order valence-electron chi connectivity index (χ2n) is 6.43. The van der Waals surface area contributed by atoms with E-state index in [1.807, 2.05) is 12.1 Å². The maximum Gasteiger partial charge on any atom is 0.254 e. The molecule has 29 heavy (non-hydrogen) atoms. The van der Waals surface area contributed by atoms with E-state index in [0.29, 0.717) is 22.3 Å². The smallest absolute Gasteiger partial charge is 0.254 e. The van der Waals surface area contributed by atoms with Gasteiger partial charge in [0.15, 0.2) is 0 Å². The minimum absolute atomic E-state index is 0.150. The largest absolute Gasteiger partial charge is 0.394 e. The lowest BCUT2D eigenvalue weighted by Gasteiger charge is -2.17. The van der Waals surface area contributed by atoms with Crippen molar-refractivity contribution in [3.8, 4) is 17.2 Å². The summed E-state index contributed by atoms with van der Waals surface area (Å²) in [5, 5.41) is 21.1. The van der Waals surface area contributed by atoms with E-state index in [-0.39, 0.29) is 24.4 Å². The Hall–Kier alpha value is -3.76. The van der Waals surface area contributed by atoms with Gasteiger partial charge in [0.25, 0.3) is 5.91 Å². The Labute approximate surface area is 167 Å². The number of amides is 1. The zero-order valence-electron chi connectivity index (χ0n) is 15.5. The van der Waals surface area contributed by atoms with E-state index in [2.05, 4.69) is 10.3 Å². The number of nitriles is 1. The molecule has 0 aliphatic rings. The van der Waals surface area contributed by atoms with Crippen molar-refractivity contribution in [2.24, 2.45) is 0 Å². The Morgan fingerprint density at radius 1 is 1.24 bits per heavy atom. The molecule has 0 radical (unpaired) electrons. The average Bonchev–Trinajstić information content (AvgIpc) is 2.74. The Kier molecular flexibility index (Phi) is 6.17. The van der Waals surface area contributed by atoms with Crippen LogP contribution in [0.1, 0.15) is 27.5 Å². The highest BCUT2D eigenvalue weighted by molar-refractivity contribution is 5.95. The zero-order chi connectivity index (χ0) is 20.8. The molecule has 1 aromatic heterocycles. The number of carbonyl (C=O) groups is 1. The van der Waals surface area contributed by atoms with Crippen molar-refractivity contribution in [2.75, 3.05) is 12.3 Å². The summed E-state index contributed by atoms with van der Waals surface area (Å²) in [6.45, 7) is -0.316. The van der Waals surface area contributed by atoms with Gasteiger partial charge in [-0.2, -0.15) is 5.26 Å². The molecule has 0 bridgehead atoms. The summed E-state index contributed by atoms with van der Waals surface area (Å²) in [5.41, 5.74) is 8.05. The van der Waals surface area contributed by atoms with Crippen LogP contribution in [0.3, 0.4) is 0 Å². The van der Waals surface area contributed by atoms with Gasteiger partial charge >= 0.3 is 0 Å². The second-order valence-corrected chi connectivity index (χ2v) is 6.43. The zero-order valence-corrected chi connectivity index (χ0v) is 15.5. The number of rotatable bonds is 6. The fourth-order valence-corrected chi connectivity index (χ4v) is 2.96. The number of aliphatic hydroxyl groups is 1. The number of pyridine rings is 1. The topological polar surface area (TPSA) is 112 Å². The second kappa shape index (κ2) is 8.95. The van der Waals surface area contributed by atoms with Crippen molar-refractivity contribution in [2.45, 2.75) is 12.5 Å². The summed E-state index contributed by atoms with van der Waals surface area (Å²) < 4.78 is 14.7. The molecule has 146 valence electrons. The number of aliphatic hydroxyl groups excluding tert-OH is 1. The molecule has 1 heterocycles. The molecule has 3 rings (SSSR count). The number of anilines is 1. The monoisotopic (exact) mass is 390 g/mol. The Balaban J connectivity index is 1.85. The van der Waals surface area contributed by atoms with E-state index < -0.39 is 17.8 Å². The van der Waals surface area contributed by atoms with Crippen LogP contribution in [0.25, 0.3) is 11.1 Å². The fourth-order valence-electron chi connectivity index (χ4n) is 2.96. The number of halogens is 1. The van der Waals surface area contributed by atoms with Gasteiger partial charge in [-0.3, -0.25) is 4.79 Å². The van der Waals surface area contributed by atoms with E-state index >= 15 is 0 Å². The highest BCUT2D eigenvalue weighted by Crippen LogP contribution is 2.27. The highest BCUT2D eigenvalue weighted by Gasteiger charge is 2.18. The van der Waals surface area contributed by atoms with Crippen molar-refractivity contribution in [1.82, 2.24) is 10.3 Å². The fraction of sp³-hybridized carbons (Fsp3) is 0.136. The molecule has 2 aromatic carbocycles. The molecule has 4 N–H and O–H groups in total. The molecular weight excluding hydrogens is 371 g/mol. The Bertz CT molecular complexity index is 1060. The summed E-state index contributed by atoms with van der Waals surface area (Å²) in [5.74, 6) is -1.16. The maximum absolute atomic E-state index is 14.7. The predicted octanol–water partition coefficient (Wildman–Crippen LogP) is 3.00. The molecule has 1 amide bonds. The standard InChI is InChI=1S/C22H19FN4O2/c23-19-11-16(18-10-14(8-9-24)12-26-21(18)25)6-7-17(19)22(29)27-20(13-28)15-4-2-1-3-5-15/h1-7,10-12,20,28H,8,13H2,(H2,25,26)(H,27,29). The average molecular weight is 390 g/mol. The number of carbonyl (C=O) groups excluding carboxylic acids is 1. The van der Waals surface area contributed by atoms with Crippen molar-refractivity contribution < 1.29 is 14.3 Å². The number of nitrogen functional groups attached to an aromatic ring is 1. The minimum Gasteiger partial charge on any atom is -0.394 e. The Morgan fingerprint density at radius 3 is 2.66 bits per heavy atom. The molecule has 0 saturated carbocycles. The molecule has 0 spiro atoms. The van der Waals surface area contributed by atoms with Gasteiger partial charge in [-0.15, -0.1) is 0 Å². The SMILES string of the molecule is N#CCc1cnc(N)c(-c2ccc(C(=O)NC(CO)c3ccccc3)c(F)c2)c1. The first kappa shape index (κ1) is 20.0. The van der Waals surface area contributed by atoms with Crippen LogP contribution in [0.4, 0.5) is 10.2 Å². The van der Waals surface area contributed by atoms with Gasteiger partial charge in [0, 0.05) is 11.8 Å². The number of hydrogen-bond donors (Lipinski definition) is 3. The van der Waals surface area contributed by atoms with Crippen LogP contribution in [0, 0.1) is 17.1 Å². The quantitative estimate of drug-likeness (QED) is 0.599. The molecular formula is C22H19FN4O2. The van der Waals surface area contributed by atoms with Gasteiger partial charge < -0.3 is 16.2 Å². The molecule has 6 nitrogen and oxygen atoms in total. The van der Waals surface area contributed by atoms with Crippen LogP contribution >= 0.6 is 0 Å². The van der Waals surface area contributed by atoms with Gasteiger partial charge in [0.2, 0.25) is 0 Å². The van der Waals surface area contributed by atoms with Crippen LogP contribution in [0.2, 0.25) is 0 Å². The Morgan fingerprint density at radius 2 is 2.00 bits per heavy atom. The highest BCUT2D eigenvalue weighted by atomic mass is 19.1. The van der Waals surface area contributed by atoms with E-state index in [0.717, 1.165) is 0 Å². The molecule has 1 unspecified atom stereocenters. The first-order chi connectivity index (χ1) is 14.0. The third-order valence-electron chi connectivity index (χ3n) is 4.47. The number of nitrogens with two attached hydrogens (primary N) is 1. The van der Waals surface area contributed by atoms with E-state index in [1.165, 1.54) is 18.3 Å². The first-order valence-corrected chi connectivity index (χ1v) is 8.91. The molecule has 3 aromatic rings. The van der Waals surface area contributed by atoms with E-state index in [4.69, 9.17) is 11.0 Å². The van der Waals surface area contributed by atoms with Crippen LogP contribution in [0.15, 0.2) is 60.8 Å². The molecule has 0 aliphatic heterocycles. The normalized spacial score (nSPS) is 11.5.